The Labute approximate surface area is 171 Å². The molecule has 156 valence electrons. The van der Waals surface area contributed by atoms with Crippen molar-refractivity contribution in [2.75, 3.05) is 40.3 Å². The summed E-state index contributed by atoms with van der Waals surface area (Å²) in [4.78, 5) is 35.3. The molecule has 4 rings (SSSR count). The molecule has 4 heterocycles. The highest BCUT2D eigenvalue weighted by Gasteiger charge is 2.36. The van der Waals surface area contributed by atoms with Gasteiger partial charge in [-0.3, -0.25) is 9.59 Å². The SMILES string of the molecule is C[C@@H](C(=O)N1CC[C@@H](c2nn(CCN(C)C)c3ncccc23)C1)N1CCCC1=O. The van der Waals surface area contributed by atoms with Gasteiger partial charge in [0.25, 0.3) is 0 Å². The highest BCUT2D eigenvalue weighted by molar-refractivity contribution is 5.88. The van der Waals surface area contributed by atoms with Crippen LogP contribution in [0.2, 0.25) is 0 Å². The molecular formula is C21H30N6O2. The number of likely N-dealkylation sites (N-methyl/N-ethyl adjacent to an activating group) is 1. The fourth-order valence-corrected chi connectivity index (χ4v) is 4.45. The minimum Gasteiger partial charge on any atom is -0.340 e. The number of hydrogen-bond donors (Lipinski definition) is 0. The average molecular weight is 399 g/mol. The van der Waals surface area contributed by atoms with Crippen molar-refractivity contribution in [1.82, 2.24) is 29.5 Å². The molecule has 2 aliphatic rings. The number of carbonyl (C=O) groups is 2. The molecule has 2 aromatic heterocycles. The molecule has 2 atom stereocenters. The van der Waals surface area contributed by atoms with E-state index in [1.807, 2.05) is 36.7 Å². The zero-order valence-electron chi connectivity index (χ0n) is 17.5. The zero-order valence-corrected chi connectivity index (χ0v) is 17.5. The molecular weight excluding hydrogens is 368 g/mol. The minimum atomic E-state index is -0.375. The number of hydrogen-bond acceptors (Lipinski definition) is 5. The zero-order chi connectivity index (χ0) is 20.5. The van der Waals surface area contributed by atoms with Crippen LogP contribution in [0, 0.1) is 0 Å². The second-order valence-electron chi connectivity index (χ2n) is 8.42. The maximum Gasteiger partial charge on any atom is 0.245 e. The number of pyridine rings is 1. The lowest BCUT2D eigenvalue weighted by atomic mass is 10.0. The maximum atomic E-state index is 13.0. The molecule has 0 N–H and O–H groups in total. The Bertz CT molecular complexity index is 908. The maximum absolute atomic E-state index is 13.0. The van der Waals surface area contributed by atoms with E-state index in [-0.39, 0.29) is 23.8 Å². The van der Waals surface area contributed by atoms with Crippen molar-refractivity contribution in [3.63, 3.8) is 0 Å². The summed E-state index contributed by atoms with van der Waals surface area (Å²) in [6, 6.07) is 3.65. The summed E-state index contributed by atoms with van der Waals surface area (Å²) in [5, 5.41) is 5.97. The Morgan fingerprint density at radius 1 is 1.34 bits per heavy atom. The van der Waals surface area contributed by atoms with E-state index < -0.39 is 0 Å². The molecule has 0 radical (unpaired) electrons. The van der Waals surface area contributed by atoms with Crippen LogP contribution >= 0.6 is 0 Å². The van der Waals surface area contributed by atoms with E-state index in [1.54, 1.807) is 11.1 Å². The molecule has 8 heteroatoms. The predicted octanol–water partition coefficient (Wildman–Crippen LogP) is 1.32. The predicted molar refractivity (Wildman–Crippen MR) is 110 cm³/mol. The highest BCUT2D eigenvalue weighted by Crippen LogP contribution is 2.32. The van der Waals surface area contributed by atoms with Gasteiger partial charge < -0.3 is 14.7 Å². The fraction of sp³-hybridized carbons (Fsp3) is 0.619. The van der Waals surface area contributed by atoms with Gasteiger partial charge in [-0.25, -0.2) is 9.67 Å². The summed E-state index contributed by atoms with van der Waals surface area (Å²) < 4.78 is 1.99. The van der Waals surface area contributed by atoms with Gasteiger partial charge >= 0.3 is 0 Å². The third-order valence-electron chi connectivity index (χ3n) is 6.12. The summed E-state index contributed by atoms with van der Waals surface area (Å²) in [6.07, 6.45) is 4.10. The minimum absolute atomic E-state index is 0.0530. The second kappa shape index (κ2) is 8.10. The third-order valence-corrected chi connectivity index (χ3v) is 6.12. The Hall–Kier alpha value is -2.48. The molecule has 2 aliphatic heterocycles. The molecule has 8 nitrogen and oxygen atoms in total. The monoisotopic (exact) mass is 398 g/mol. The number of rotatable bonds is 6. The number of aromatic nitrogens is 3. The first-order valence-electron chi connectivity index (χ1n) is 10.5. The Morgan fingerprint density at radius 2 is 2.17 bits per heavy atom. The number of nitrogens with zero attached hydrogens (tertiary/aromatic N) is 6. The summed E-state index contributed by atoms with van der Waals surface area (Å²) in [7, 11) is 4.10. The number of fused-ring (bicyclic) bond motifs is 1. The Balaban J connectivity index is 1.51. The lowest BCUT2D eigenvalue weighted by Crippen LogP contribution is -2.46. The smallest absolute Gasteiger partial charge is 0.245 e. The van der Waals surface area contributed by atoms with Crippen LogP contribution < -0.4 is 0 Å². The standard InChI is InChI=1S/C21H30N6O2/c1-15(26-10-5-7-18(26)28)21(29)25-11-8-16(14-25)19-17-6-4-9-22-20(17)27(23-19)13-12-24(2)3/h4,6,9,15-16H,5,7-8,10-14H2,1-3H3/t15-,16+/m0/s1. The van der Waals surface area contributed by atoms with Crippen LogP contribution in [0.5, 0.6) is 0 Å². The largest absolute Gasteiger partial charge is 0.340 e. The molecule has 0 saturated carbocycles. The van der Waals surface area contributed by atoms with E-state index >= 15 is 0 Å². The molecule has 0 aliphatic carbocycles. The Kier molecular flexibility index (Phi) is 5.54. The van der Waals surface area contributed by atoms with E-state index in [0.29, 0.717) is 26.1 Å². The second-order valence-corrected chi connectivity index (χ2v) is 8.42. The topological polar surface area (TPSA) is 74.6 Å². The quantitative estimate of drug-likeness (QED) is 0.734. The number of amides is 2. The van der Waals surface area contributed by atoms with Crippen molar-refractivity contribution in [2.45, 2.75) is 44.7 Å². The van der Waals surface area contributed by atoms with Gasteiger partial charge in [0, 0.05) is 50.1 Å². The number of likely N-dealkylation sites (tertiary alicyclic amines) is 2. The molecule has 2 amide bonds. The lowest BCUT2D eigenvalue weighted by molar-refractivity contribution is -0.142. The van der Waals surface area contributed by atoms with Crippen molar-refractivity contribution < 1.29 is 9.59 Å². The first-order chi connectivity index (χ1) is 14.0. The van der Waals surface area contributed by atoms with Crippen LogP contribution in [0.1, 0.15) is 37.8 Å². The van der Waals surface area contributed by atoms with Gasteiger partial charge in [-0.15, -0.1) is 0 Å². The summed E-state index contributed by atoms with van der Waals surface area (Å²) in [5.74, 6) is 0.350. The van der Waals surface area contributed by atoms with E-state index in [4.69, 9.17) is 5.10 Å². The Morgan fingerprint density at radius 3 is 2.90 bits per heavy atom. The normalized spacial score (nSPS) is 21.0. The average Bonchev–Trinajstić information content (AvgIpc) is 3.43. The summed E-state index contributed by atoms with van der Waals surface area (Å²) in [5.41, 5.74) is 1.94. The highest BCUT2D eigenvalue weighted by atomic mass is 16.2. The van der Waals surface area contributed by atoms with Crippen molar-refractivity contribution in [3.05, 3.63) is 24.0 Å². The summed E-state index contributed by atoms with van der Waals surface area (Å²) >= 11 is 0. The molecule has 29 heavy (non-hydrogen) atoms. The van der Waals surface area contributed by atoms with Gasteiger partial charge in [-0.05, 0) is 46.0 Å². The molecule has 2 fully saturated rings. The molecule has 0 unspecified atom stereocenters. The van der Waals surface area contributed by atoms with Crippen molar-refractivity contribution in [3.8, 4) is 0 Å². The van der Waals surface area contributed by atoms with Crippen LogP contribution in [0.4, 0.5) is 0 Å². The van der Waals surface area contributed by atoms with E-state index in [1.165, 1.54) is 0 Å². The van der Waals surface area contributed by atoms with E-state index in [0.717, 1.165) is 42.7 Å². The van der Waals surface area contributed by atoms with Gasteiger partial charge in [-0.2, -0.15) is 5.10 Å². The molecule has 2 aromatic rings. The van der Waals surface area contributed by atoms with Crippen molar-refractivity contribution in [2.24, 2.45) is 0 Å². The van der Waals surface area contributed by atoms with Crippen LogP contribution in [-0.4, -0.2) is 87.6 Å². The van der Waals surface area contributed by atoms with Crippen LogP contribution in [-0.2, 0) is 16.1 Å². The number of carbonyl (C=O) groups excluding carboxylic acids is 2. The first kappa shape index (κ1) is 19.8. The van der Waals surface area contributed by atoms with Gasteiger partial charge in [0.15, 0.2) is 5.65 Å². The van der Waals surface area contributed by atoms with Crippen LogP contribution in [0.3, 0.4) is 0 Å². The molecule has 0 aromatic carbocycles. The van der Waals surface area contributed by atoms with Gasteiger partial charge in [-0.1, -0.05) is 0 Å². The first-order valence-corrected chi connectivity index (χ1v) is 10.5. The van der Waals surface area contributed by atoms with Gasteiger partial charge in [0.05, 0.1) is 12.2 Å². The summed E-state index contributed by atoms with van der Waals surface area (Å²) in [6.45, 7) is 5.58. The molecule has 0 spiro atoms. The lowest BCUT2D eigenvalue weighted by Gasteiger charge is -2.27. The van der Waals surface area contributed by atoms with Crippen LogP contribution in [0.25, 0.3) is 11.0 Å². The van der Waals surface area contributed by atoms with Crippen molar-refractivity contribution in [1.29, 1.82) is 0 Å². The fourth-order valence-electron chi connectivity index (χ4n) is 4.45. The van der Waals surface area contributed by atoms with Crippen LogP contribution in [0.15, 0.2) is 18.3 Å². The van der Waals surface area contributed by atoms with Crippen molar-refractivity contribution >= 4 is 22.8 Å². The molecule has 0 bridgehead atoms. The van der Waals surface area contributed by atoms with E-state index in [2.05, 4.69) is 16.0 Å². The third kappa shape index (κ3) is 3.85. The van der Waals surface area contributed by atoms with Gasteiger partial charge in [0.2, 0.25) is 11.8 Å². The van der Waals surface area contributed by atoms with E-state index in [9.17, 15) is 9.59 Å². The van der Waals surface area contributed by atoms with Gasteiger partial charge in [0.1, 0.15) is 6.04 Å². The molecule has 2 saturated heterocycles.